The van der Waals surface area contributed by atoms with Gasteiger partial charge in [0.05, 0.1) is 46.3 Å². The quantitative estimate of drug-likeness (QED) is 0.0917. The van der Waals surface area contributed by atoms with Crippen molar-refractivity contribution in [3.63, 3.8) is 0 Å². The molecule has 53 heavy (non-hydrogen) atoms. The molecule has 0 radical (unpaired) electrons. The van der Waals surface area contributed by atoms with Crippen LogP contribution in [0.25, 0.3) is 10.8 Å². The number of aliphatic imine (C=N–C) groups is 1. The molecule has 0 bridgehead atoms. The van der Waals surface area contributed by atoms with Crippen LogP contribution < -0.4 is 16.0 Å². The predicted molar refractivity (Wildman–Crippen MR) is 207 cm³/mol. The molecule has 13 heteroatoms. The molecule has 280 valence electrons. The SMILES string of the molecule is CC/C=C(/NCC(=O)N(CCC)Cc1ncc(C#Cc2cccc3c(C#C/C(=C/N=CCN(CCC)C(=O)CNC(=O)OC)NC)cccc23)[nH]1)OC. The van der Waals surface area contributed by atoms with E-state index in [-0.39, 0.29) is 31.4 Å². The molecule has 3 rings (SSSR count). The van der Waals surface area contributed by atoms with E-state index in [0.717, 1.165) is 41.2 Å². The van der Waals surface area contributed by atoms with E-state index in [1.54, 1.807) is 42.6 Å². The van der Waals surface area contributed by atoms with Gasteiger partial charge in [-0.1, -0.05) is 56.9 Å². The van der Waals surface area contributed by atoms with E-state index in [1.165, 1.54) is 7.11 Å². The molecule has 0 spiro atoms. The molecule has 1 aromatic heterocycles. The molecule has 13 nitrogen and oxygen atoms in total. The fraction of sp³-hybridized carbons (Fsp3) is 0.375. The van der Waals surface area contributed by atoms with Crippen molar-refractivity contribution in [3.8, 4) is 23.7 Å². The van der Waals surface area contributed by atoms with Crippen molar-refractivity contribution >= 4 is 34.9 Å². The van der Waals surface area contributed by atoms with Crippen molar-refractivity contribution in [2.45, 2.75) is 46.6 Å². The lowest BCUT2D eigenvalue weighted by molar-refractivity contribution is -0.131. The maximum atomic E-state index is 13.0. The molecule has 0 saturated heterocycles. The van der Waals surface area contributed by atoms with Crippen LogP contribution in [0, 0.1) is 23.7 Å². The minimum absolute atomic E-state index is 0.0513. The number of fused-ring (bicyclic) bond motifs is 1. The van der Waals surface area contributed by atoms with Crippen molar-refractivity contribution in [3.05, 3.63) is 89.1 Å². The maximum absolute atomic E-state index is 13.0. The number of hydrogen-bond acceptors (Lipinski definition) is 9. The van der Waals surface area contributed by atoms with Crippen LogP contribution in [0.4, 0.5) is 4.79 Å². The van der Waals surface area contributed by atoms with Gasteiger partial charge in [-0.2, -0.15) is 0 Å². The van der Waals surface area contributed by atoms with E-state index >= 15 is 0 Å². The van der Waals surface area contributed by atoms with Crippen LogP contribution in [0.2, 0.25) is 0 Å². The summed E-state index contributed by atoms with van der Waals surface area (Å²) in [6.45, 7) is 7.73. The Balaban J connectivity index is 1.72. The topological polar surface area (TPSA) is 153 Å². The highest BCUT2D eigenvalue weighted by Crippen LogP contribution is 2.22. The Hall–Kier alpha value is -6.21. The van der Waals surface area contributed by atoms with Crippen LogP contribution >= 0.6 is 0 Å². The predicted octanol–water partition coefficient (Wildman–Crippen LogP) is 4.27. The van der Waals surface area contributed by atoms with Crippen LogP contribution in [0.15, 0.2) is 71.4 Å². The largest absolute Gasteiger partial charge is 0.483 e. The number of carbonyl (C=O) groups is 3. The Morgan fingerprint density at radius 2 is 1.55 bits per heavy atom. The first kappa shape index (κ1) is 41.2. The Kier molecular flexibility index (Phi) is 17.6. The zero-order valence-electron chi connectivity index (χ0n) is 31.5. The fourth-order valence-electron chi connectivity index (χ4n) is 5.09. The van der Waals surface area contributed by atoms with Crippen LogP contribution in [0.1, 0.15) is 62.7 Å². The average molecular weight is 723 g/mol. The molecule has 0 atom stereocenters. The zero-order chi connectivity index (χ0) is 38.4. The molecule has 3 aromatic rings. The highest BCUT2D eigenvalue weighted by atomic mass is 16.5. The molecule has 0 saturated carbocycles. The average Bonchev–Trinajstić information content (AvgIpc) is 3.63. The third-order valence-electron chi connectivity index (χ3n) is 7.72. The Labute approximate surface area is 312 Å². The second kappa shape index (κ2) is 22.6. The van der Waals surface area contributed by atoms with Gasteiger partial charge in [-0.05, 0) is 60.1 Å². The van der Waals surface area contributed by atoms with Crippen molar-refractivity contribution in [2.75, 3.05) is 54.0 Å². The summed E-state index contributed by atoms with van der Waals surface area (Å²) in [5.41, 5.74) is 2.91. The number of aromatic nitrogens is 2. The van der Waals surface area contributed by atoms with Crippen molar-refractivity contribution in [2.24, 2.45) is 4.99 Å². The lowest BCUT2D eigenvalue weighted by Gasteiger charge is -2.21. The molecule has 0 fully saturated rings. The normalized spacial score (nSPS) is 11.2. The number of methoxy groups -OCH3 is 2. The summed E-state index contributed by atoms with van der Waals surface area (Å²) in [6, 6.07) is 11.8. The summed E-state index contributed by atoms with van der Waals surface area (Å²) in [4.78, 5) is 52.2. The van der Waals surface area contributed by atoms with E-state index in [2.05, 4.69) is 59.3 Å². The zero-order valence-corrected chi connectivity index (χ0v) is 31.5. The van der Waals surface area contributed by atoms with Gasteiger partial charge < -0.3 is 40.2 Å². The van der Waals surface area contributed by atoms with Gasteiger partial charge in [-0.15, -0.1) is 0 Å². The highest BCUT2D eigenvalue weighted by Gasteiger charge is 2.16. The van der Waals surface area contributed by atoms with E-state index in [4.69, 9.17) is 4.74 Å². The Morgan fingerprint density at radius 3 is 2.19 bits per heavy atom. The van der Waals surface area contributed by atoms with Crippen molar-refractivity contribution in [1.29, 1.82) is 0 Å². The molecule has 0 aliphatic carbocycles. The molecule has 2 aromatic carbocycles. The van der Waals surface area contributed by atoms with Gasteiger partial charge in [0.15, 0.2) is 5.88 Å². The van der Waals surface area contributed by atoms with Gasteiger partial charge in [0, 0.05) is 37.5 Å². The Morgan fingerprint density at radius 1 is 0.887 bits per heavy atom. The smallest absolute Gasteiger partial charge is 0.407 e. The van der Waals surface area contributed by atoms with E-state index in [0.29, 0.717) is 42.7 Å². The van der Waals surface area contributed by atoms with Crippen LogP contribution in [0.5, 0.6) is 0 Å². The van der Waals surface area contributed by atoms with Crippen molar-refractivity contribution < 1.29 is 23.9 Å². The number of carbonyl (C=O) groups excluding carboxylic acids is 3. The first-order valence-electron chi connectivity index (χ1n) is 17.6. The fourth-order valence-corrected chi connectivity index (χ4v) is 5.09. The van der Waals surface area contributed by atoms with Crippen LogP contribution in [0.3, 0.4) is 0 Å². The van der Waals surface area contributed by atoms with Gasteiger partial charge >= 0.3 is 6.09 Å². The minimum atomic E-state index is -0.658. The summed E-state index contributed by atoms with van der Waals surface area (Å²) < 4.78 is 9.81. The maximum Gasteiger partial charge on any atom is 0.407 e. The number of benzene rings is 2. The lowest BCUT2D eigenvalue weighted by Crippen LogP contribution is -2.41. The first-order valence-corrected chi connectivity index (χ1v) is 17.6. The summed E-state index contributed by atoms with van der Waals surface area (Å²) >= 11 is 0. The molecule has 0 unspecified atom stereocenters. The molecular weight excluding hydrogens is 672 g/mol. The number of H-pyrrole nitrogens is 1. The van der Waals surface area contributed by atoms with Gasteiger partial charge in [-0.25, -0.2) is 9.78 Å². The summed E-state index contributed by atoms with van der Waals surface area (Å²) in [5, 5.41) is 10.4. The third-order valence-corrected chi connectivity index (χ3v) is 7.72. The molecular formula is C40H50N8O5. The third kappa shape index (κ3) is 13.5. The minimum Gasteiger partial charge on any atom is -0.483 e. The second-order valence-corrected chi connectivity index (χ2v) is 11.6. The van der Waals surface area contributed by atoms with Gasteiger partial charge in [0.25, 0.3) is 0 Å². The first-order chi connectivity index (χ1) is 25.8. The summed E-state index contributed by atoms with van der Waals surface area (Å²) in [6.07, 6.45) is 8.52. The number of imidazole rings is 1. The summed E-state index contributed by atoms with van der Waals surface area (Å²) in [5.74, 6) is 13.8. The molecule has 0 aliphatic heterocycles. The number of allylic oxidation sites excluding steroid dienone is 2. The monoisotopic (exact) mass is 722 g/mol. The number of hydrogen-bond donors (Lipinski definition) is 4. The molecule has 0 aliphatic rings. The van der Waals surface area contributed by atoms with E-state index in [1.807, 2.05) is 63.2 Å². The number of aromatic amines is 1. The van der Waals surface area contributed by atoms with Gasteiger partial charge in [0.1, 0.15) is 23.8 Å². The number of alkyl carbamates (subject to hydrolysis) is 1. The van der Waals surface area contributed by atoms with Gasteiger partial charge in [-0.3, -0.25) is 14.6 Å². The van der Waals surface area contributed by atoms with Crippen molar-refractivity contribution in [1.82, 2.24) is 35.7 Å². The highest BCUT2D eigenvalue weighted by molar-refractivity contribution is 5.93. The number of amides is 3. The van der Waals surface area contributed by atoms with Crippen LogP contribution in [-0.2, 0) is 25.6 Å². The van der Waals surface area contributed by atoms with E-state index in [9.17, 15) is 14.4 Å². The van der Waals surface area contributed by atoms with E-state index < -0.39 is 6.09 Å². The van der Waals surface area contributed by atoms with Crippen LogP contribution in [-0.4, -0.2) is 97.9 Å². The Bertz CT molecular complexity index is 1910. The summed E-state index contributed by atoms with van der Waals surface area (Å²) in [7, 11) is 4.58. The van der Waals surface area contributed by atoms with Gasteiger partial charge in [0.2, 0.25) is 11.8 Å². The number of nitrogens with one attached hydrogen (secondary N) is 4. The molecule has 4 N–H and O–H groups in total. The second-order valence-electron chi connectivity index (χ2n) is 11.6. The molecule has 3 amide bonds. The standard InChI is InChI=1S/C40H50N8O5/c1-7-12-37(52-5)44-27-39(50)48(23-9-3)29-36-43-26-33(46-36)20-18-31-14-11-15-34-30(13-10-16-35(31)34)17-19-32(41-4)25-42-21-24-47(22-8-2)38(49)28-45-40(51)53-6/h10-16,21,25-26,41,44H,7-9,22-24,27-29H2,1-6H3,(H,43,46)(H,45,51)/b32-25-,37-12-,42-21?. The lowest BCUT2D eigenvalue weighted by atomic mass is 10.0. The number of rotatable bonds is 17. The molecule has 1 heterocycles. The number of nitrogens with zero attached hydrogens (tertiary/aromatic N) is 4. The number of ether oxygens (including phenoxy) is 2.